The van der Waals surface area contributed by atoms with Gasteiger partial charge in [0.15, 0.2) is 9.84 Å². The molecule has 0 fully saturated rings. The summed E-state index contributed by atoms with van der Waals surface area (Å²) in [6.07, 6.45) is 0. The summed E-state index contributed by atoms with van der Waals surface area (Å²) >= 11 is 0. The number of aromatic nitrogens is 2. The molecular formula is C17H15FN2O4S. The minimum Gasteiger partial charge on any atom is -0.494 e. The van der Waals surface area contributed by atoms with Crippen LogP contribution in [-0.2, 0) is 15.6 Å². The molecule has 0 radical (unpaired) electrons. The van der Waals surface area contributed by atoms with Gasteiger partial charge in [0, 0.05) is 5.56 Å². The van der Waals surface area contributed by atoms with Crippen molar-refractivity contribution in [2.45, 2.75) is 17.6 Å². The maximum atomic E-state index is 12.9. The van der Waals surface area contributed by atoms with Crippen molar-refractivity contribution in [1.82, 2.24) is 10.1 Å². The van der Waals surface area contributed by atoms with Gasteiger partial charge in [-0.05, 0) is 55.5 Å². The third kappa shape index (κ3) is 4.03. The summed E-state index contributed by atoms with van der Waals surface area (Å²) in [6.45, 7) is 2.45. The van der Waals surface area contributed by atoms with Crippen LogP contribution in [0.4, 0.5) is 4.39 Å². The minimum atomic E-state index is -3.70. The largest absolute Gasteiger partial charge is 0.494 e. The highest BCUT2D eigenvalue weighted by Crippen LogP contribution is 2.22. The molecule has 3 aromatic rings. The second-order valence-corrected chi connectivity index (χ2v) is 7.17. The zero-order chi connectivity index (χ0) is 17.9. The molecule has 0 aliphatic heterocycles. The van der Waals surface area contributed by atoms with Gasteiger partial charge in [-0.1, -0.05) is 5.16 Å². The molecule has 1 aromatic heterocycles. The second-order valence-electron chi connectivity index (χ2n) is 5.18. The van der Waals surface area contributed by atoms with E-state index in [1.54, 1.807) is 24.3 Å². The predicted octanol–water partition coefficient (Wildman–Crippen LogP) is 3.25. The molecule has 0 saturated heterocycles. The molecule has 0 bridgehead atoms. The average molecular weight is 362 g/mol. The monoisotopic (exact) mass is 362 g/mol. The number of benzene rings is 2. The van der Waals surface area contributed by atoms with Crippen LogP contribution < -0.4 is 4.74 Å². The van der Waals surface area contributed by atoms with E-state index in [0.29, 0.717) is 17.9 Å². The Morgan fingerprint density at radius 2 is 1.76 bits per heavy atom. The predicted molar refractivity (Wildman–Crippen MR) is 88.2 cm³/mol. The Labute approximate surface area is 144 Å². The molecule has 130 valence electrons. The third-order valence-corrected chi connectivity index (χ3v) is 5.00. The van der Waals surface area contributed by atoms with Gasteiger partial charge in [0.05, 0.1) is 11.5 Å². The van der Waals surface area contributed by atoms with E-state index in [0.717, 1.165) is 12.1 Å². The Kier molecular flexibility index (Phi) is 4.80. The molecule has 0 saturated carbocycles. The van der Waals surface area contributed by atoms with Crippen LogP contribution in [0.25, 0.3) is 11.4 Å². The molecule has 0 N–H and O–H groups in total. The number of hydrogen-bond acceptors (Lipinski definition) is 6. The first-order valence-electron chi connectivity index (χ1n) is 7.52. The van der Waals surface area contributed by atoms with Crippen molar-refractivity contribution >= 4 is 9.84 Å². The van der Waals surface area contributed by atoms with Gasteiger partial charge in [-0.25, -0.2) is 12.8 Å². The smallest absolute Gasteiger partial charge is 0.242 e. The summed E-state index contributed by atoms with van der Waals surface area (Å²) < 4.78 is 47.9. The summed E-state index contributed by atoms with van der Waals surface area (Å²) in [4.78, 5) is 4.11. The summed E-state index contributed by atoms with van der Waals surface area (Å²) in [5.41, 5.74) is 0.678. The van der Waals surface area contributed by atoms with E-state index in [4.69, 9.17) is 9.26 Å². The molecule has 0 atom stereocenters. The van der Waals surface area contributed by atoms with Crippen molar-refractivity contribution in [2.75, 3.05) is 6.61 Å². The van der Waals surface area contributed by atoms with Gasteiger partial charge >= 0.3 is 0 Å². The summed E-state index contributed by atoms with van der Waals surface area (Å²) in [5.74, 6) is 0.00629. The van der Waals surface area contributed by atoms with Crippen molar-refractivity contribution in [3.63, 3.8) is 0 Å². The van der Waals surface area contributed by atoms with E-state index in [1.165, 1.54) is 12.1 Å². The summed E-state index contributed by atoms with van der Waals surface area (Å²) in [6, 6.07) is 11.6. The Bertz CT molecular complexity index is 951. The van der Waals surface area contributed by atoms with Crippen molar-refractivity contribution in [2.24, 2.45) is 0 Å². The lowest BCUT2D eigenvalue weighted by Gasteiger charge is -2.02. The van der Waals surface area contributed by atoms with Gasteiger partial charge in [-0.15, -0.1) is 0 Å². The molecular weight excluding hydrogens is 347 g/mol. The van der Waals surface area contributed by atoms with E-state index in [9.17, 15) is 12.8 Å². The Morgan fingerprint density at radius 3 is 2.40 bits per heavy atom. The van der Waals surface area contributed by atoms with Gasteiger partial charge in [0.25, 0.3) is 0 Å². The second kappa shape index (κ2) is 7.02. The minimum absolute atomic E-state index is 0.00489. The number of hydrogen-bond donors (Lipinski definition) is 0. The fourth-order valence-electron chi connectivity index (χ4n) is 2.19. The summed E-state index contributed by atoms with van der Waals surface area (Å²) in [7, 11) is -3.70. The SMILES string of the molecule is CCOc1ccc(-c2noc(CS(=O)(=O)c3ccc(F)cc3)n2)cc1. The lowest BCUT2D eigenvalue weighted by atomic mass is 10.2. The number of sulfone groups is 1. The van der Waals surface area contributed by atoms with Crippen LogP contribution in [0, 0.1) is 5.82 Å². The van der Waals surface area contributed by atoms with Crippen LogP contribution in [-0.4, -0.2) is 25.2 Å². The topological polar surface area (TPSA) is 82.3 Å². The van der Waals surface area contributed by atoms with E-state index in [1.807, 2.05) is 6.92 Å². The number of nitrogens with zero attached hydrogens (tertiary/aromatic N) is 2. The first-order valence-corrected chi connectivity index (χ1v) is 9.17. The quantitative estimate of drug-likeness (QED) is 0.626. The van der Waals surface area contributed by atoms with Crippen LogP contribution in [0.15, 0.2) is 57.9 Å². The summed E-state index contributed by atoms with van der Waals surface area (Å²) in [5, 5.41) is 3.80. The average Bonchev–Trinajstić information content (AvgIpc) is 3.04. The third-order valence-electron chi connectivity index (χ3n) is 3.38. The van der Waals surface area contributed by atoms with E-state index < -0.39 is 21.4 Å². The highest BCUT2D eigenvalue weighted by molar-refractivity contribution is 7.90. The molecule has 8 heteroatoms. The first kappa shape index (κ1) is 17.1. The zero-order valence-corrected chi connectivity index (χ0v) is 14.2. The van der Waals surface area contributed by atoms with E-state index in [2.05, 4.69) is 10.1 Å². The first-order chi connectivity index (χ1) is 12.0. The Hall–Kier alpha value is -2.74. The van der Waals surface area contributed by atoms with Crippen LogP contribution in [0.2, 0.25) is 0 Å². The van der Waals surface area contributed by atoms with E-state index in [-0.39, 0.29) is 16.6 Å². The number of halogens is 1. The normalized spacial score (nSPS) is 11.4. The molecule has 25 heavy (non-hydrogen) atoms. The number of rotatable bonds is 6. The van der Waals surface area contributed by atoms with Crippen LogP contribution >= 0.6 is 0 Å². The van der Waals surface area contributed by atoms with Gasteiger partial charge in [0.2, 0.25) is 11.7 Å². The Balaban J connectivity index is 1.78. The van der Waals surface area contributed by atoms with Gasteiger partial charge in [-0.2, -0.15) is 4.98 Å². The zero-order valence-electron chi connectivity index (χ0n) is 13.3. The van der Waals surface area contributed by atoms with Gasteiger partial charge in [-0.3, -0.25) is 0 Å². The fraction of sp³-hybridized carbons (Fsp3) is 0.176. The number of ether oxygens (including phenoxy) is 1. The molecule has 0 aliphatic carbocycles. The molecule has 0 spiro atoms. The molecule has 6 nitrogen and oxygen atoms in total. The fourth-order valence-corrected chi connectivity index (χ4v) is 3.35. The van der Waals surface area contributed by atoms with Crippen LogP contribution in [0.3, 0.4) is 0 Å². The van der Waals surface area contributed by atoms with Crippen molar-refractivity contribution in [1.29, 1.82) is 0 Å². The molecule has 0 aliphatic rings. The maximum Gasteiger partial charge on any atom is 0.242 e. The van der Waals surface area contributed by atoms with Crippen LogP contribution in [0.1, 0.15) is 12.8 Å². The highest BCUT2D eigenvalue weighted by atomic mass is 32.2. The molecule has 1 heterocycles. The van der Waals surface area contributed by atoms with Crippen molar-refractivity contribution in [3.05, 3.63) is 60.2 Å². The van der Waals surface area contributed by atoms with Gasteiger partial charge < -0.3 is 9.26 Å². The molecule has 3 rings (SSSR count). The Morgan fingerprint density at radius 1 is 1.08 bits per heavy atom. The lowest BCUT2D eigenvalue weighted by molar-refractivity contribution is 0.340. The maximum absolute atomic E-state index is 12.9. The molecule has 0 amide bonds. The standard InChI is InChI=1S/C17H15FN2O4S/c1-2-23-14-7-3-12(4-8-14)17-19-16(24-20-17)11-25(21,22)15-9-5-13(18)6-10-15/h3-10H,2,11H2,1H3. The lowest BCUT2D eigenvalue weighted by Crippen LogP contribution is -2.05. The van der Waals surface area contributed by atoms with Crippen molar-refractivity contribution < 1.29 is 22.1 Å². The molecule has 2 aromatic carbocycles. The van der Waals surface area contributed by atoms with Crippen molar-refractivity contribution in [3.8, 4) is 17.1 Å². The molecule has 0 unspecified atom stereocenters. The van der Waals surface area contributed by atoms with E-state index >= 15 is 0 Å². The van der Waals surface area contributed by atoms with Crippen LogP contribution in [0.5, 0.6) is 5.75 Å². The van der Waals surface area contributed by atoms with Gasteiger partial charge in [0.1, 0.15) is 17.3 Å². The highest BCUT2D eigenvalue weighted by Gasteiger charge is 2.20.